The van der Waals surface area contributed by atoms with Crippen molar-refractivity contribution in [3.8, 4) is 0 Å². The Hall–Kier alpha value is -0.0400. The molecule has 0 spiro atoms. The standard InChI is InChI=1S/C13H24O/c1-9(2)10-6-7-11-12(14)5-4-8-13(10,11)3/h9-12,14H,4-8H2,1-3H3/t10-,11+,12+,13-/m1/s1. The summed E-state index contributed by atoms with van der Waals surface area (Å²) in [6.45, 7) is 7.12. The van der Waals surface area contributed by atoms with Gasteiger partial charge in [-0.15, -0.1) is 0 Å². The summed E-state index contributed by atoms with van der Waals surface area (Å²) in [5, 5.41) is 10.0. The number of aliphatic hydroxyl groups excluding tert-OH is 1. The van der Waals surface area contributed by atoms with Crippen LogP contribution in [0.4, 0.5) is 0 Å². The van der Waals surface area contributed by atoms with Crippen LogP contribution in [-0.2, 0) is 0 Å². The topological polar surface area (TPSA) is 20.2 Å². The van der Waals surface area contributed by atoms with Gasteiger partial charge in [0.15, 0.2) is 0 Å². The van der Waals surface area contributed by atoms with Gasteiger partial charge in [-0.25, -0.2) is 0 Å². The summed E-state index contributed by atoms with van der Waals surface area (Å²) in [6, 6.07) is 0. The van der Waals surface area contributed by atoms with Crippen molar-refractivity contribution < 1.29 is 5.11 Å². The molecule has 4 atom stereocenters. The predicted octanol–water partition coefficient (Wildman–Crippen LogP) is 3.22. The van der Waals surface area contributed by atoms with Gasteiger partial charge in [-0.3, -0.25) is 0 Å². The third kappa shape index (κ3) is 1.41. The Bertz CT molecular complexity index is 203. The first-order valence-corrected chi connectivity index (χ1v) is 6.24. The summed E-state index contributed by atoms with van der Waals surface area (Å²) < 4.78 is 0. The first kappa shape index (κ1) is 10.5. The van der Waals surface area contributed by atoms with Gasteiger partial charge >= 0.3 is 0 Å². The van der Waals surface area contributed by atoms with Gasteiger partial charge in [0.05, 0.1) is 6.10 Å². The highest BCUT2D eigenvalue weighted by molar-refractivity contribution is 5.00. The zero-order valence-corrected chi connectivity index (χ0v) is 9.79. The van der Waals surface area contributed by atoms with E-state index in [1.165, 1.54) is 25.7 Å². The molecule has 0 aromatic carbocycles. The molecule has 0 unspecified atom stereocenters. The van der Waals surface area contributed by atoms with E-state index >= 15 is 0 Å². The maximum atomic E-state index is 10.0. The third-order valence-electron chi connectivity index (χ3n) is 4.97. The largest absolute Gasteiger partial charge is 0.393 e. The minimum absolute atomic E-state index is 0.00231. The van der Waals surface area contributed by atoms with Crippen LogP contribution in [0.15, 0.2) is 0 Å². The van der Waals surface area contributed by atoms with Crippen LogP contribution in [0.1, 0.15) is 52.9 Å². The van der Waals surface area contributed by atoms with Gasteiger partial charge in [0, 0.05) is 0 Å². The van der Waals surface area contributed by atoms with Crippen molar-refractivity contribution in [1.29, 1.82) is 0 Å². The molecule has 0 heterocycles. The second-order valence-corrected chi connectivity index (χ2v) is 6.00. The lowest BCUT2D eigenvalue weighted by molar-refractivity contribution is -0.0253. The molecule has 82 valence electrons. The fourth-order valence-electron chi connectivity index (χ4n) is 4.28. The molecule has 2 fully saturated rings. The smallest absolute Gasteiger partial charge is 0.0573 e. The Kier molecular flexibility index (Phi) is 2.63. The van der Waals surface area contributed by atoms with E-state index in [-0.39, 0.29) is 6.10 Å². The zero-order chi connectivity index (χ0) is 10.3. The highest BCUT2D eigenvalue weighted by Gasteiger charge is 2.51. The lowest BCUT2D eigenvalue weighted by Crippen LogP contribution is -2.41. The molecule has 0 radical (unpaired) electrons. The summed E-state index contributed by atoms with van der Waals surface area (Å²) in [5.74, 6) is 2.24. The van der Waals surface area contributed by atoms with Gasteiger partial charge < -0.3 is 5.11 Å². The van der Waals surface area contributed by atoms with Crippen molar-refractivity contribution in [2.24, 2.45) is 23.2 Å². The maximum Gasteiger partial charge on any atom is 0.0573 e. The van der Waals surface area contributed by atoms with Crippen molar-refractivity contribution in [3.63, 3.8) is 0 Å². The molecule has 1 heteroatoms. The van der Waals surface area contributed by atoms with Crippen LogP contribution in [0, 0.1) is 23.2 Å². The molecule has 2 saturated carbocycles. The Labute approximate surface area is 87.9 Å². The van der Waals surface area contributed by atoms with Gasteiger partial charge in [0.25, 0.3) is 0 Å². The van der Waals surface area contributed by atoms with Crippen molar-refractivity contribution in [3.05, 3.63) is 0 Å². The van der Waals surface area contributed by atoms with E-state index < -0.39 is 0 Å². The number of hydrogen-bond acceptors (Lipinski definition) is 1. The first-order valence-electron chi connectivity index (χ1n) is 6.24. The SMILES string of the molecule is CC(C)[C@H]1CC[C@H]2[C@@H](O)CCC[C@]12C. The van der Waals surface area contributed by atoms with Gasteiger partial charge in [-0.2, -0.15) is 0 Å². The van der Waals surface area contributed by atoms with E-state index in [0.29, 0.717) is 11.3 Å². The van der Waals surface area contributed by atoms with E-state index in [1.54, 1.807) is 0 Å². The molecule has 2 aliphatic carbocycles. The monoisotopic (exact) mass is 196 g/mol. The summed E-state index contributed by atoms with van der Waals surface area (Å²) >= 11 is 0. The molecule has 14 heavy (non-hydrogen) atoms. The third-order valence-corrected chi connectivity index (χ3v) is 4.97. The number of hydrogen-bond donors (Lipinski definition) is 1. The molecular weight excluding hydrogens is 172 g/mol. The van der Waals surface area contributed by atoms with Crippen LogP contribution in [0.3, 0.4) is 0 Å². The molecule has 0 aliphatic heterocycles. The van der Waals surface area contributed by atoms with Crippen LogP contribution in [0.2, 0.25) is 0 Å². The van der Waals surface area contributed by atoms with Crippen molar-refractivity contribution in [2.45, 2.75) is 59.0 Å². The summed E-state index contributed by atoms with van der Waals surface area (Å²) in [4.78, 5) is 0. The highest BCUT2D eigenvalue weighted by atomic mass is 16.3. The quantitative estimate of drug-likeness (QED) is 0.682. The molecule has 1 N–H and O–H groups in total. The second kappa shape index (κ2) is 3.52. The minimum atomic E-state index is -0.00231. The van der Waals surface area contributed by atoms with Crippen LogP contribution in [0.5, 0.6) is 0 Å². The molecule has 0 aromatic heterocycles. The Morgan fingerprint density at radius 2 is 1.93 bits per heavy atom. The molecule has 0 saturated heterocycles. The lowest BCUT2D eigenvalue weighted by atomic mass is 9.62. The number of rotatable bonds is 1. The lowest BCUT2D eigenvalue weighted by Gasteiger charge is -2.44. The molecule has 1 nitrogen and oxygen atoms in total. The molecule has 2 rings (SSSR count). The zero-order valence-electron chi connectivity index (χ0n) is 9.79. The van der Waals surface area contributed by atoms with Crippen LogP contribution < -0.4 is 0 Å². The molecule has 0 amide bonds. The van der Waals surface area contributed by atoms with Crippen LogP contribution in [-0.4, -0.2) is 11.2 Å². The average molecular weight is 196 g/mol. The maximum absolute atomic E-state index is 10.0. The fraction of sp³-hybridized carbons (Fsp3) is 1.00. The normalized spacial score (nSPS) is 48.2. The summed E-state index contributed by atoms with van der Waals surface area (Å²) in [7, 11) is 0. The van der Waals surface area contributed by atoms with Crippen LogP contribution >= 0.6 is 0 Å². The minimum Gasteiger partial charge on any atom is -0.393 e. The predicted molar refractivity (Wildman–Crippen MR) is 59.0 cm³/mol. The van der Waals surface area contributed by atoms with Crippen molar-refractivity contribution >= 4 is 0 Å². The number of fused-ring (bicyclic) bond motifs is 1. The number of aliphatic hydroxyl groups is 1. The molecule has 2 aliphatic rings. The van der Waals surface area contributed by atoms with Crippen molar-refractivity contribution in [2.75, 3.05) is 0 Å². The molecule has 0 bridgehead atoms. The second-order valence-electron chi connectivity index (χ2n) is 6.00. The van der Waals surface area contributed by atoms with E-state index in [0.717, 1.165) is 18.3 Å². The fourth-order valence-corrected chi connectivity index (χ4v) is 4.28. The highest BCUT2D eigenvalue weighted by Crippen LogP contribution is 2.57. The van der Waals surface area contributed by atoms with Gasteiger partial charge in [-0.05, 0) is 48.9 Å². The van der Waals surface area contributed by atoms with Gasteiger partial charge in [0.1, 0.15) is 0 Å². The summed E-state index contributed by atoms with van der Waals surface area (Å²) in [6.07, 6.45) is 6.23. The Morgan fingerprint density at radius 3 is 2.57 bits per heavy atom. The van der Waals surface area contributed by atoms with E-state index in [4.69, 9.17) is 0 Å². The van der Waals surface area contributed by atoms with Gasteiger partial charge in [-0.1, -0.05) is 27.2 Å². The molecular formula is C13H24O. The summed E-state index contributed by atoms with van der Waals surface area (Å²) in [5.41, 5.74) is 0.450. The van der Waals surface area contributed by atoms with Gasteiger partial charge in [0.2, 0.25) is 0 Å². The van der Waals surface area contributed by atoms with Crippen molar-refractivity contribution in [1.82, 2.24) is 0 Å². The Morgan fingerprint density at radius 1 is 1.21 bits per heavy atom. The Balaban J connectivity index is 2.20. The van der Waals surface area contributed by atoms with E-state index in [1.807, 2.05) is 0 Å². The van der Waals surface area contributed by atoms with Crippen LogP contribution in [0.25, 0.3) is 0 Å². The van der Waals surface area contributed by atoms with E-state index in [2.05, 4.69) is 20.8 Å². The first-order chi connectivity index (χ1) is 6.55. The molecule has 0 aromatic rings. The average Bonchev–Trinajstić information content (AvgIpc) is 2.43. The van der Waals surface area contributed by atoms with E-state index in [9.17, 15) is 5.11 Å².